The number of morpholine rings is 2. The van der Waals surface area contributed by atoms with Crippen molar-refractivity contribution in [1.82, 2.24) is 19.9 Å². The Balaban J connectivity index is 0.00000231. The summed E-state index contributed by atoms with van der Waals surface area (Å²) in [4.78, 5) is 19.0. The maximum absolute atomic E-state index is 9.92. The summed E-state index contributed by atoms with van der Waals surface area (Å²) in [7, 11) is 0. The zero-order valence-electron chi connectivity index (χ0n) is 17.2. The highest BCUT2D eigenvalue weighted by Gasteiger charge is 2.20. The van der Waals surface area contributed by atoms with E-state index >= 15 is 0 Å². The highest BCUT2D eigenvalue weighted by Crippen LogP contribution is 2.29. The van der Waals surface area contributed by atoms with Crippen molar-refractivity contribution in [2.45, 2.75) is 6.54 Å². The van der Waals surface area contributed by atoms with Crippen LogP contribution >= 0.6 is 12.4 Å². The van der Waals surface area contributed by atoms with E-state index in [1.165, 1.54) is 0 Å². The van der Waals surface area contributed by atoms with Crippen LogP contribution in [0.1, 0.15) is 5.56 Å². The van der Waals surface area contributed by atoms with Gasteiger partial charge >= 0.3 is 0 Å². The molecule has 0 atom stereocenters. The minimum atomic E-state index is 0. The number of halogens is 1. The predicted molar refractivity (Wildman–Crippen MR) is 121 cm³/mol. The van der Waals surface area contributed by atoms with Crippen LogP contribution in [0.4, 0.5) is 5.82 Å². The number of nitrogens with zero attached hydrogens (tertiary/aromatic N) is 5. The Hall–Kier alpha value is -2.52. The van der Waals surface area contributed by atoms with Crippen LogP contribution in [0.15, 0.2) is 36.5 Å². The van der Waals surface area contributed by atoms with Crippen LogP contribution in [0.5, 0.6) is 5.75 Å². The number of anilines is 1. The average molecular weight is 444 g/mol. The molecule has 2 aromatic heterocycles. The van der Waals surface area contributed by atoms with Gasteiger partial charge in [-0.05, 0) is 23.8 Å². The van der Waals surface area contributed by atoms with Gasteiger partial charge in [-0.25, -0.2) is 9.97 Å². The molecule has 0 amide bonds. The third kappa shape index (κ3) is 4.88. The monoisotopic (exact) mass is 443 g/mol. The zero-order valence-corrected chi connectivity index (χ0v) is 18.1. The summed E-state index contributed by atoms with van der Waals surface area (Å²) in [5.41, 5.74) is 3.52. The first-order chi connectivity index (χ1) is 14.8. The van der Waals surface area contributed by atoms with Gasteiger partial charge in [0.15, 0.2) is 11.6 Å². The van der Waals surface area contributed by atoms with Crippen LogP contribution in [0.2, 0.25) is 0 Å². The first kappa shape index (κ1) is 21.7. The third-order valence-corrected chi connectivity index (χ3v) is 5.50. The number of aromatic hydroxyl groups is 1. The topological polar surface area (TPSA) is 83.8 Å². The largest absolute Gasteiger partial charge is 0.508 e. The molecule has 164 valence electrons. The maximum Gasteiger partial charge on any atom is 0.162 e. The number of benzene rings is 1. The van der Waals surface area contributed by atoms with E-state index < -0.39 is 0 Å². The first-order valence-electron chi connectivity index (χ1n) is 10.4. The number of hydrogen-bond donors (Lipinski definition) is 1. The summed E-state index contributed by atoms with van der Waals surface area (Å²) in [5, 5.41) is 9.92. The lowest BCUT2D eigenvalue weighted by Gasteiger charge is -2.29. The highest BCUT2D eigenvalue weighted by atomic mass is 35.5. The van der Waals surface area contributed by atoms with E-state index in [2.05, 4.69) is 15.9 Å². The van der Waals surface area contributed by atoms with Gasteiger partial charge in [0.05, 0.1) is 31.9 Å². The van der Waals surface area contributed by atoms with Gasteiger partial charge in [0, 0.05) is 44.5 Å². The molecule has 9 heteroatoms. The second kappa shape index (κ2) is 9.74. The fourth-order valence-electron chi connectivity index (χ4n) is 3.92. The normalized spacial score (nSPS) is 17.5. The molecule has 2 aliphatic rings. The van der Waals surface area contributed by atoms with Gasteiger partial charge in [-0.2, -0.15) is 0 Å². The van der Waals surface area contributed by atoms with E-state index in [4.69, 9.17) is 24.4 Å². The Bertz CT molecular complexity index is 1040. The van der Waals surface area contributed by atoms with E-state index in [0.717, 1.165) is 73.9 Å². The van der Waals surface area contributed by atoms with Crippen molar-refractivity contribution in [3.05, 3.63) is 42.1 Å². The van der Waals surface area contributed by atoms with E-state index in [-0.39, 0.29) is 18.2 Å². The van der Waals surface area contributed by atoms with Crippen molar-refractivity contribution < 1.29 is 14.6 Å². The number of ether oxygens (including phenoxy) is 2. The molecule has 0 unspecified atom stereocenters. The molecular formula is C22H26ClN5O3. The lowest BCUT2D eigenvalue weighted by molar-refractivity contribution is 0.0341. The molecule has 2 saturated heterocycles. The standard InChI is InChI=1S/C22H25N5O3.ClH/c28-18-3-1-2-17(13-18)21-24-19-12-16(15-26-4-8-29-9-5-26)14-23-20(19)22(25-21)27-6-10-30-11-7-27;/h1-3,12-14,28H,4-11,15H2;1H. The van der Waals surface area contributed by atoms with Crippen LogP contribution in [0, 0.1) is 0 Å². The van der Waals surface area contributed by atoms with Crippen LogP contribution < -0.4 is 4.90 Å². The number of phenols is 1. The van der Waals surface area contributed by atoms with Crippen LogP contribution in [0.3, 0.4) is 0 Å². The lowest BCUT2D eigenvalue weighted by atomic mass is 10.1. The molecule has 31 heavy (non-hydrogen) atoms. The molecule has 8 nitrogen and oxygen atoms in total. The van der Waals surface area contributed by atoms with Crippen molar-refractivity contribution in [1.29, 1.82) is 0 Å². The second-order valence-corrected chi connectivity index (χ2v) is 7.62. The molecule has 0 aliphatic carbocycles. The van der Waals surface area contributed by atoms with Gasteiger partial charge in [0.1, 0.15) is 11.3 Å². The lowest BCUT2D eigenvalue weighted by Crippen LogP contribution is -2.37. The molecule has 1 aromatic carbocycles. The molecule has 2 fully saturated rings. The SMILES string of the molecule is Cl.Oc1cccc(-c2nc(N3CCOCC3)c3ncc(CN4CCOCC4)cc3n2)c1. The minimum absolute atomic E-state index is 0. The Morgan fingerprint density at radius 2 is 1.68 bits per heavy atom. The first-order valence-corrected chi connectivity index (χ1v) is 10.4. The fraction of sp³-hybridized carbons (Fsp3) is 0.409. The summed E-state index contributed by atoms with van der Waals surface area (Å²) in [6, 6.07) is 9.16. The van der Waals surface area contributed by atoms with Crippen LogP contribution in [0.25, 0.3) is 22.4 Å². The molecule has 0 radical (unpaired) electrons. The Kier molecular flexibility index (Phi) is 6.82. The van der Waals surface area contributed by atoms with Gasteiger partial charge in [-0.1, -0.05) is 12.1 Å². The van der Waals surface area contributed by atoms with Crippen LogP contribution in [-0.4, -0.2) is 77.6 Å². The van der Waals surface area contributed by atoms with Crippen molar-refractivity contribution in [2.24, 2.45) is 0 Å². The Morgan fingerprint density at radius 3 is 2.42 bits per heavy atom. The number of aromatic nitrogens is 3. The zero-order chi connectivity index (χ0) is 20.3. The minimum Gasteiger partial charge on any atom is -0.508 e. The molecular weight excluding hydrogens is 418 g/mol. The van der Waals surface area contributed by atoms with E-state index in [1.54, 1.807) is 18.2 Å². The fourth-order valence-corrected chi connectivity index (χ4v) is 3.92. The molecule has 5 rings (SSSR count). The number of hydrogen-bond acceptors (Lipinski definition) is 8. The molecule has 1 N–H and O–H groups in total. The highest BCUT2D eigenvalue weighted by molar-refractivity contribution is 5.88. The summed E-state index contributed by atoms with van der Waals surface area (Å²) >= 11 is 0. The third-order valence-electron chi connectivity index (χ3n) is 5.50. The number of rotatable bonds is 4. The maximum atomic E-state index is 9.92. The molecule has 0 bridgehead atoms. The quantitative estimate of drug-likeness (QED) is 0.658. The van der Waals surface area contributed by atoms with Gasteiger partial charge in [0.25, 0.3) is 0 Å². The summed E-state index contributed by atoms with van der Waals surface area (Å²) in [6.45, 7) is 7.09. The summed E-state index contributed by atoms with van der Waals surface area (Å²) < 4.78 is 11.0. The molecule has 3 aromatic rings. The number of fused-ring (bicyclic) bond motifs is 1. The Morgan fingerprint density at radius 1 is 0.935 bits per heavy atom. The van der Waals surface area contributed by atoms with Crippen molar-refractivity contribution in [2.75, 3.05) is 57.5 Å². The van der Waals surface area contributed by atoms with Gasteiger partial charge < -0.3 is 19.5 Å². The average Bonchev–Trinajstić information content (AvgIpc) is 2.79. The van der Waals surface area contributed by atoms with Crippen molar-refractivity contribution in [3.8, 4) is 17.1 Å². The van der Waals surface area contributed by atoms with Crippen molar-refractivity contribution >= 4 is 29.3 Å². The molecule has 4 heterocycles. The van der Waals surface area contributed by atoms with E-state index in [1.807, 2.05) is 12.3 Å². The summed E-state index contributed by atoms with van der Waals surface area (Å²) in [5.74, 6) is 1.60. The van der Waals surface area contributed by atoms with E-state index in [0.29, 0.717) is 19.0 Å². The second-order valence-electron chi connectivity index (χ2n) is 7.62. The number of phenolic OH excluding ortho intramolecular Hbond substituents is 1. The molecule has 2 aliphatic heterocycles. The number of pyridine rings is 1. The van der Waals surface area contributed by atoms with Crippen molar-refractivity contribution in [3.63, 3.8) is 0 Å². The Labute approximate surface area is 187 Å². The van der Waals surface area contributed by atoms with Gasteiger partial charge in [-0.15, -0.1) is 12.4 Å². The molecule has 0 saturated carbocycles. The summed E-state index contributed by atoms with van der Waals surface area (Å²) in [6.07, 6.45) is 1.93. The van der Waals surface area contributed by atoms with Gasteiger partial charge in [-0.3, -0.25) is 9.88 Å². The smallest absolute Gasteiger partial charge is 0.162 e. The van der Waals surface area contributed by atoms with Gasteiger partial charge in [0.2, 0.25) is 0 Å². The van der Waals surface area contributed by atoms with Crippen LogP contribution in [-0.2, 0) is 16.0 Å². The molecule has 0 spiro atoms. The van der Waals surface area contributed by atoms with E-state index in [9.17, 15) is 5.11 Å². The predicted octanol–water partition coefficient (Wildman–Crippen LogP) is 2.49.